The summed E-state index contributed by atoms with van der Waals surface area (Å²) in [6, 6.07) is 18.0. The number of rotatable bonds is 7. The third-order valence-electron chi connectivity index (χ3n) is 4.17. The molecule has 160 valence electrons. The molecule has 3 rings (SSSR count). The molecule has 0 aromatic heterocycles. The molecule has 31 heavy (non-hydrogen) atoms. The van der Waals surface area contributed by atoms with Crippen LogP contribution in [0.15, 0.2) is 82.8 Å². The molecule has 3 aromatic carbocycles. The van der Waals surface area contributed by atoms with Crippen LogP contribution in [-0.4, -0.2) is 37.3 Å². The van der Waals surface area contributed by atoms with Crippen molar-refractivity contribution in [2.24, 2.45) is 5.10 Å². The van der Waals surface area contributed by atoms with Gasteiger partial charge in [0.2, 0.25) is 0 Å². The van der Waals surface area contributed by atoms with E-state index in [1.165, 1.54) is 54.6 Å². The lowest BCUT2D eigenvalue weighted by Gasteiger charge is -2.23. The van der Waals surface area contributed by atoms with Gasteiger partial charge >= 0.3 is 0 Å². The number of anilines is 1. The first-order valence-electron chi connectivity index (χ1n) is 8.95. The second kappa shape index (κ2) is 9.50. The Kier molecular flexibility index (Phi) is 6.78. The predicted molar refractivity (Wildman–Crippen MR) is 118 cm³/mol. The average Bonchev–Trinajstić information content (AvgIpc) is 2.76. The SMILES string of the molecule is O=C(CN(c1ccc(Cl)cc1)S(=O)(=O)c1ccccc1)N/N=C/c1cccc(O)c1O. The van der Waals surface area contributed by atoms with Gasteiger partial charge in [0.1, 0.15) is 6.54 Å². The number of phenolic OH excluding ortho intramolecular Hbond substituents is 2. The van der Waals surface area contributed by atoms with Gasteiger partial charge in [-0.3, -0.25) is 9.10 Å². The minimum absolute atomic E-state index is 0.0194. The Balaban J connectivity index is 1.83. The van der Waals surface area contributed by atoms with Gasteiger partial charge in [0.05, 0.1) is 16.8 Å². The summed E-state index contributed by atoms with van der Waals surface area (Å²) in [6.07, 6.45) is 1.13. The van der Waals surface area contributed by atoms with Crippen LogP contribution < -0.4 is 9.73 Å². The Morgan fingerprint density at radius 3 is 2.35 bits per heavy atom. The zero-order chi connectivity index (χ0) is 22.4. The molecule has 0 aliphatic carbocycles. The number of carbonyl (C=O) groups is 1. The number of nitrogens with one attached hydrogen (secondary N) is 1. The number of hydrogen-bond donors (Lipinski definition) is 3. The van der Waals surface area contributed by atoms with Gasteiger partial charge in [-0.1, -0.05) is 35.9 Å². The van der Waals surface area contributed by atoms with E-state index in [2.05, 4.69) is 10.5 Å². The molecule has 0 aliphatic heterocycles. The number of nitrogens with zero attached hydrogens (tertiary/aromatic N) is 2. The quantitative estimate of drug-likeness (QED) is 0.285. The fourth-order valence-electron chi connectivity index (χ4n) is 2.63. The molecule has 0 heterocycles. The summed E-state index contributed by atoms with van der Waals surface area (Å²) in [7, 11) is -4.05. The highest BCUT2D eigenvalue weighted by atomic mass is 35.5. The molecule has 0 atom stereocenters. The molecule has 0 saturated heterocycles. The standard InChI is InChI=1S/C21H18ClN3O5S/c22-16-9-11-17(12-10-16)25(31(29,30)18-6-2-1-3-7-18)14-20(27)24-23-13-15-5-4-8-19(26)21(15)28/h1-13,26,28H,14H2,(H,24,27)/b23-13+. The highest BCUT2D eigenvalue weighted by molar-refractivity contribution is 7.92. The van der Waals surface area contributed by atoms with Crippen molar-refractivity contribution >= 4 is 39.4 Å². The van der Waals surface area contributed by atoms with E-state index in [1.54, 1.807) is 18.2 Å². The van der Waals surface area contributed by atoms with Gasteiger partial charge < -0.3 is 10.2 Å². The van der Waals surface area contributed by atoms with Crippen LogP contribution in [0.4, 0.5) is 5.69 Å². The number of aromatic hydroxyl groups is 2. The van der Waals surface area contributed by atoms with Crippen molar-refractivity contribution in [3.63, 3.8) is 0 Å². The predicted octanol–water partition coefficient (Wildman–Crippen LogP) is 3.10. The number of phenols is 2. The van der Waals surface area contributed by atoms with E-state index < -0.39 is 28.2 Å². The van der Waals surface area contributed by atoms with E-state index >= 15 is 0 Å². The molecule has 1 amide bonds. The maximum atomic E-state index is 13.1. The number of para-hydroxylation sites is 1. The summed E-state index contributed by atoms with van der Waals surface area (Å²) in [5, 5.41) is 23.4. The third-order valence-corrected chi connectivity index (χ3v) is 6.21. The van der Waals surface area contributed by atoms with E-state index in [1.807, 2.05) is 0 Å². The van der Waals surface area contributed by atoms with Crippen LogP contribution in [0.1, 0.15) is 5.56 Å². The van der Waals surface area contributed by atoms with E-state index in [9.17, 15) is 23.4 Å². The molecule has 0 radical (unpaired) electrons. The van der Waals surface area contributed by atoms with Crippen molar-refractivity contribution in [1.29, 1.82) is 0 Å². The molecule has 0 spiro atoms. The molecule has 0 fully saturated rings. The maximum absolute atomic E-state index is 13.1. The van der Waals surface area contributed by atoms with Gasteiger partial charge in [-0.2, -0.15) is 5.10 Å². The number of halogens is 1. The fourth-order valence-corrected chi connectivity index (χ4v) is 4.20. The Morgan fingerprint density at radius 1 is 1.00 bits per heavy atom. The number of benzene rings is 3. The topological polar surface area (TPSA) is 119 Å². The Bertz CT molecular complexity index is 1200. The molecule has 3 aromatic rings. The molecule has 0 aliphatic rings. The second-order valence-corrected chi connectivity index (χ2v) is 8.61. The van der Waals surface area contributed by atoms with Gasteiger partial charge in [0.15, 0.2) is 11.5 Å². The number of hydrazone groups is 1. The monoisotopic (exact) mass is 459 g/mol. The molecular weight excluding hydrogens is 442 g/mol. The maximum Gasteiger partial charge on any atom is 0.264 e. The van der Waals surface area contributed by atoms with Crippen molar-refractivity contribution < 1.29 is 23.4 Å². The van der Waals surface area contributed by atoms with Crippen LogP contribution >= 0.6 is 11.6 Å². The fraction of sp³-hybridized carbons (Fsp3) is 0.0476. The number of sulfonamides is 1. The number of amides is 1. The first-order valence-corrected chi connectivity index (χ1v) is 10.8. The Morgan fingerprint density at radius 2 is 1.68 bits per heavy atom. The molecule has 10 heteroatoms. The van der Waals surface area contributed by atoms with Crippen molar-refractivity contribution in [3.05, 3.63) is 83.4 Å². The molecule has 3 N–H and O–H groups in total. The van der Waals surface area contributed by atoms with E-state index in [-0.39, 0.29) is 21.9 Å². The molecule has 0 unspecified atom stereocenters. The lowest BCUT2D eigenvalue weighted by Crippen LogP contribution is -2.39. The van der Waals surface area contributed by atoms with Crippen LogP contribution in [0.5, 0.6) is 11.5 Å². The highest BCUT2D eigenvalue weighted by Gasteiger charge is 2.27. The van der Waals surface area contributed by atoms with Crippen molar-refractivity contribution in [2.75, 3.05) is 10.8 Å². The Labute approximate surface area is 184 Å². The summed E-state index contributed by atoms with van der Waals surface area (Å²) in [5.74, 6) is -1.45. The third kappa shape index (κ3) is 5.33. The van der Waals surface area contributed by atoms with Crippen LogP contribution in [-0.2, 0) is 14.8 Å². The Hall–Kier alpha value is -3.56. The zero-order valence-corrected chi connectivity index (χ0v) is 17.6. The zero-order valence-electron chi connectivity index (χ0n) is 16.0. The van der Waals surface area contributed by atoms with Gasteiger partial charge in [0, 0.05) is 10.6 Å². The van der Waals surface area contributed by atoms with Gasteiger partial charge in [-0.15, -0.1) is 0 Å². The minimum Gasteiger partial charge on any atom is -0.504 e. The van der Waals surface area contributed by atoms with Crippen molar-refractivity contribution in [1.82, 2.24) is 5.43 Å². The van der Waals surface area contributed by atoms with E-state index in [0.717, 1.165) is 10.5 Å². The summed E-state index contributed by atoms with van der Waals surface area (Å²) in [6.45, 7) is -0.553. The molecule has 8 nitrogen and oxygen atoms in total. The van der Waals surface area contributed by atoms with Crippen molar-refractivity contribution in [3.8, 4) is 11.5 Å². The van der Waals surface area contributed by atoms with Gasteiger partial charge in [-0.25, -0.2) is 13.8 Å². The van der Waals surface area contributed by atoms with Crippen LogP contribution in [0.2, 0.25) is 5.02 Å². The summed E-state index contributed by atoms with van der Waals surface area (Å²) < 4.78 is 27.2. The second-order valence-electron chi connectivity index (χ2n) is 6.31. The van der Waals surface area contributed by atoms with E-state index in [0.29, 0.717) is 5.02 Å². The molecule has 0 saturated carbocycles. The van der Waals surface area contributed by atoms with Crippen LogP contribution in [0.25, 0.3) is 0 Å². The smallest absolute Gasteiger partial charge is 0.264 e. The number of hydrogen-bond acceptors (Lipinski definition) is 6. The number of carbonyl (C=O) groups excluding carboxylic acids is 1. The first-order chi connectivity index (χ1) is 14.8. The minimum atomic E-state index is -4.05. The lowest BCUT2D eigenvalue weighted by atomic mass is 10.2. The van der Waals surface area contributed by atoms with Gasteiger partial charge in [0.25, 0.3) is 15.9 Å². The van der Waals surface area contributed by atoms with Crippen LogP contribution in [0.3, 0.4) is 0 Å². The summed E-state index contributed by atoms with van der Waals surface area (Å²) >= 11 is 5.90. The van der Waals surface area contributed by atoms with Gasteiger partial charge in [-0.05, 0) is 48.5 Å². The molecule has 0 bridgehead atoms. The van der Waals surface area contributed by atoms with E-state index in [4.69, 9.17) is 11.6 Å². The largest absolute Gasteiger partial charge is 0.504 e. The summed E-state index contributed by atoms with van der Waals surface area (Å²) in [4.78, 5) is 12.5. The average molecular weight is 460 g/mol. The normalized spacial score (nSPS) is 11.4. The van der Waals surface area contributed by atoms with Crippen molar-refractivity contribution in [2.45, 2.75) is 4.90 Å². The van der Waals surface area contributed by atoms with Crippen LogP contribution in [0, 0.1) is 0 Å². The first kappa shape index (κ1) is 22.1. The highest BCUT2D eigenvalue weighted by Crippen LogP contribution is 2.27. The summed E-state index contributed by atoms with van der Waals surface area (Å²) in [5.41, 5.74) is 2.64. The molecular formula is C21H18ClN3O5S. The lowest BCUT2D eigenvalue weighted by molar-refractivity contribution is -0.119.